The molecule has 0 aromatic carbocycles. The largest absolute Gasteiger partial charge is 0.416 e. The van der Waals surface area contributed by atoms with Crippen LogP contribution in [0.1, 0.15) is 27.3 Å². The molecular weight excluding hydrogens is 380 g/mol. The van der Waals surface area contributed by atoms with Crippen molar-refractivity contribution in [2.75, 3.05) is 0 Å². The number of carbonyl (C=O) groups is 1. The molecule has 2 N–H and O–H groups in total. The summed E-state index contributed by atoms with van der Waals surface area (Å²) in [5.41, 5.74) is 4.33. The third-order valence-electron chi connectivity index (χ3n) is 4.67. The molecule has 0 radical (unpaired) electrons. The minimum atomic E-state index is -2.97. The summed E-state index contributed by atoms with van der Waals surface area (Å²) in [7, 11) is 0. The van der Waals surface area contributed by atoms with E-state index in [2.05, 4.69) is 29.9 Å². The number of ether oxygens (including phenoxy) is 1. The van der Waals surface area contributed by atoms with Gasteiger partial charge in [0.1, 0.15) is 11.3 Å². The topological polar surface area (TPSA) is 96.6 Å². The lowest BCUT2D eigenvalue weighted by atomic mass is 10.0. The molecule has 0 atom stereocenters. The number of Topliss-reactive ketones (excluding diaryl/α,β-unsaturated/α-hetero) is 1. The number of nitrogens with one attached hydrogen (secondary N) is 2. The highest BCUT2D eigenvalue weighted by Gasteiger charge is 2.17. The molecule has 0 aliphatic carbocycles. The van der Waals surface area contributed by atoms with Crippen LogP contribution in [0.2, 0.25) is 0 Å². The van der Waals surface area contributed by atoms with Crippen LogP contribution in [-0.4, -0.2) is 37.5 Å². The van der Waals surface area contributed by atoms with Crippen LogP contribution in [0.3, 0.4) is 0 Å². The summed E-state index contributed by atoms with van der Waals surface area (Å²) in [6.07, 6.45) is 3.14. The van der Waals surface area contributed by atoms with Crippen LogP contribution < -0.4 is 4.74 Å². The first-order valence-electron chi connectivity index (χ1n) is 8.85. The van der Waals surface area contributed by atoms with E-state index in [1.165, 1.54) is 6.20 Å². The minimum Gasteiger partial charge on any atom is -0.416 e. The smallest absolute Gasteiger partial charge is 0.388 e. The average Bonchev–Trinajstić information content (AvgIpc) is 3.25. The fourth-order valence-electron chi connectivity index (χ4n) is 3.10. The van der Waals surface area contributed by atoms with Crippen molar-refractivity contribution >= 4 is 16.8 Å². The molecule has 4 rings (SSSR count). The summed E-state index contributed by atoms with van der Waals surface area (Å²) in [5.74, 6) is -0.280. The summed E-state index contributed by atoms with van der Waals surface area (Å²) in [6.45, 7) is 0.732. The number of pyridine rings is 2. The number of carbonyl (C=O) groups excluding carboxylic acids is 1. The lowest BCUT2D eigenvalue weighted by molar-refractivity contribution is -0.0524. The molecule has 0 aliphatic rings. The Morgan fingerprint density at radius 2 is 2.07 bits per heavy atom. The first kappa shape index (κ1) is 18.7. The van der Waals surface area contributed by atoms with Gasteiger partial charge in [-0.15, -0.1) is 0 Å². The van der Waals surface area contributed by atoms with E-state index in [1.807, 2.05) is 19.9 Å². The van der Waals surface area contributed by atoms with Crippen LogP contribution >= 0.6 is 0 Å². The van der Waals surface area contributed by atoms with Gasteiger partial charge in [0, 0.05) is 35.5 Å². The molecule has 7 nitrogen and oxygen atoms in total. The Morgan fingerprint density at radius 3 is 2.79 bits per heavy atom. The van der Waals surface area contributed by atoms with E-state index in [4.69, 9.17) is 0 Å². The molecule has 4 heterocycles. The van der Waals surface area contributed by atoms with Crippen LogP contribution in [0.15, 0.2) is 36.7 Å². The number of aromatic nitrogens is 5. The number of hydrogen-bond acceptors (Lipinski definition) is 5. The van der Waals surface area contributed by atoms with Gasteiger partial charge >= 0.3 is 6.61 Å². The van der Waals surface area contributed by atoms with Gasteiger partial charge in [-0.1, -0.05) is 0 Å². The molecule has 0 saturated carbocycles. The average molecular weight is 397 g/mol. The van der Waals surface area contributed by atoms with Gasteiger partial charge in [-0.2, -0.15) is 13.9 Å². The SMILES string of the molecule is Cc1[nH]nc(C(=O)Cc2cnc3[nH]c(-c4cccnc4OC(F)F)cc3c2)c1C. The zero-order valence-electron chi connectivity index (χ0n) is 15.7. The Hall–Kier alpha value is -3.62. The maximum atomic E-state index is 12.6. The van der Waals surface area contributed by atoms with Crippen molar-refractivity contribution in [3.8, 4) is 17.1 Å². The summed E-state index contributed by atoms with van der Waals surface area (Å²) in [5, 5.41) is 7.62. The number of H-pyrrole nitrogens is 2. The second-order valence-electron chi connectivity index (χ2n) is 6.62. The van der Waals surface area contributed by atoms with Gasteiger partial charge in [-0.25, -0.2) is 9.97 Å². The first-order valence-corrected chi connectivity index (χ1v) is 8.85. The van der Waals surface area contributed by atoms with Gasteiger partial charge in [0.15, 0.2) is 5.78 Å². The Kier molecular flexibility index (Phi) is 4.79. The molecule has 0 aliphatic heterocycles. The van der Waals surface area contributed by atoms with Gasteiger partial charge in [-0.05, 0) is 43.7 Å². The van der Waals surface area contributed by atoms with Crippen molar-refractivity contribution in [3.63, 3.8) is 0 Å². The van der Waals surface area contributed by atoms with E-state index in [0.717, 1.165) is 22.2 Å². The normalized spacial score (nSPS) is 11.3. The quantitative estimate of drug-likeness (QED) is 0.480. The van der Waals surface area contributed by atoms with Crippen molar-refractivity contribution in [2.45, 2.75) is 26.9 Å². The predicted molar refractivity (Wildman–Crippen MR) is 102 cm³/mol. The van der Waals surface area contributed by atoms with Crippen molar-refractivity contribution in [1.29, 1.82) is 0 Å². The van der Waals surface area contributed by atoms with Gasteiger partial charge in [0.2, 0.25) is 5.88 Å². The van der Waals surface area contributed by atoms with Crippen molar-refractivity contribution in [1.82, 2.24) is 25.1 Å². The predicted octanol–water partition coefficient (Wildman–Crippen LogP) is 3.99. The Balaban J connectivity index is 1.63. The van der Waals surface area contributed by atoms with Gasteiger partial charge in [0.25, 0.3) is 0 Å². The molecule has 0 bridgehead atoms. The number of fused-ring (bicyclic) bond motifs is 1. The fraction of sp³-hybridized carbons (Fsp3) is 0.200. The van der Waals surface area contributed by atoms with E-state index in [9.17, 15) is 13.6 Å². The molecule has 9 heteroatoms. The van der Waals surface area contributed by atoms with Crippen LogP contribution in [0.4, 0.5) is 8.78 Å². The van der Waals surface area contributed by atoms with Crippen LogP contribution in [0.5, 0.6) is 5.88 Å². The number of aryl methyl sites for hydroxylation is 1. The number of alkyl halides is 2. The third kappa shape index (κ3) is 3.71. The Morgan fingerprint density at radius 1 is 1.24 bits per heavy atom. The van der Waals surface area contributed by atoms with E-state index < -0.39 is 6.61 Å². The second-order valence-corrected chi connectivity index (χ2v) is 6.62. The van der Waals surface area contributed by atoms with Gasteiger partial charge in [0.05, 0.1) is 11.3 Å². The number of nitrogens with zero attached hydrogens (tertiary/aromatic N) is 3. The van der Waals surface area contributed by atoms with Crippen LogP contribution in [-0.2, 0) is 6.42 Å². The number of hydrogen-bond donors (Lipinski definition) is 2. The molecule has 0 fully saturated rings. The minimum absolute atomic E-state index is 0.108. The fourth-order valence-corrected chi connectivity index (χ4v) is 3.10. The van der Waals surface area contributed by atoms with E-state index >= 15 is 0 Å². The molecule has 0 saturated heterocycles. The monoisotopic (exact) mass is 397 g/mol. The number of rotatable bonds is 6. The zero-order chi connectivity index (χ0) is 20.5. The molecule has 4 aromatic rings. The second kappa shape index (κ2) is 7.42. The standard InChI is InChI=1S/C20H17F2N5O2/c1-10-11(2)26-27-17(10)16(28)7-12-6-13-8-15(25-18(13)24-9-12)14-4-3-5-23-19(14)29-20(21)22/h3-6,8-9,20H,7H2,1-2H3,(H,24,25)(H,26,27). The highest BCUT2D eigenvalue weighted by molar-refractivity contribution is 5.97. The highest BCUT2D eigenvalue weighted by atomic mass is 19.3. The maximum absolute atomic E-state index is 12.6. The number of halogens is 2. The van der Waals surface area contributed by atoms with Crippen molar-refractivity contribution < 1.29 is 18.3 Å². The summed E-state index contributed by atoms with van der Waals surface area (Å²) in [6, 6.07) is 6.85. The third-order valence-corrected chi connectivity index (χ3v) is 4.67. The molecular formula is C20H17F2N5O2. The zero-order valence-corrected chi connectivity index (χ0v) is 15.7. The van der Waals surface area contributed by atoms with Crippen LogP contribution in [0.25, 0.3) is 22.3 Å². The molecule has 148 valence electrons. The molecule has 0 spiro atoms. The number of ketones is 1. The van der Waals surface area contributed by atoms with Crippen LogP contribution in [0, 0.1) is 13.8 Å². The lowest BCUT2D eigenvalue weighted by Crippen LogP contribution is -2.06. The molecule has 29 heavy (non-hydrogen) atoms. The van der Waals surface area contributed by atoms with Gasteiger partial charge < -0.3 is 9.72 Å². The van der Waals surface area contributed by atoms with Crippen molar-refractivity contribution in [2.24, 2.45) is 0 Å². The van der Waals surface area contributed by atoms with E-state index in [-0.39, 0.29) is 18.1 Å². The van der Waals surface area contributed by atoms with Crippen molar-refractivity contribution in [3.05, 3.63) is 59.2 Å². The number of aromatic amines is 2. The highest BCUT2D eigenvalue weighted by Crippen LogP contribution is 2.30. The van der Waals surface area contributed by atoms with E-state index in [1.54, 1.807) is 24.4 Å². The van der Waals surface area contributed by atoms with E-state index in [0.29, 0.717) is 22.6 Å². The first-order chi connectivity index (χ1) is 13.9. The Bertz CT molecular complexity index is 1200. The molecule has 4 aromatic heterocycles. The summed E-state index contributed by atoms with van der Waals surface area (Å²) < 4.78 is 29.8. The molecule has 0 amide bonds. The van der Waals surface area contributed by atoms with Gasteiger partial charge in [-0.3, -0.25) is 9.89 Å². The maximum Gasteiger partial charge on any atom is 0.388 e. The lowest BCUT2D eigenvalue weighted by Gasteiger charge is -2.07. The summed E-state index contributed by atoms with van der Waals surface area (Å²) in [4.78, 5) is 23.8. The Labute approximate surface area is 164 Å². The molecule has 0 unspecified atom stereocenters. The summed E-state index contributed by atoms with van der Waals surface area (Å²) >= 11 is 0.